The average Bonchev–Trinajstić information content (AvgIpc) is 2.53. The fraction of sp³-hybridized carbons (Fsp3) is 0.222. The van der Waals surface area contributed by atoms with Crippen molar-refractivity contribution in [3.8, 4) is 5.75 Å². The number of aromatic carboxylic acids is 1. The molecule has 1 atom stereocenters. The smallest absolute Gasteiger partial charge is 0.335 e. The van der Waals surface area contributed by atoms with Crippen LogP contribution in [0.4, 0.5) is 5.69 Å². The Bertz CT molecular complexity index is 784. The van der Waals surface area contributed by atoms with Crippen molar-refractivity contribution in [1.82, 2.24) is 0 Å². The van der Waals surface area contributed by atoms with Crippen molar-refractivity contribution >= 4 is 17.6 Å². The highest BCUT2D eigenvalue weighted by Crippen LogP contribution is 2.35. The lowest BCUT2D eigenvalue weighted by atomic mass is 10.1. The van der Waals surface area contributed by atoms with Crippen molar-refractivity contribution in [1.29, 1.82) is 0 Å². The first-order valence-electron chi connectivity index (χ1n) is 7.36. The second kappa shape index (κ2) is 5.76. The van der Waals surface area contributed by atoms with Gasteiger partial charge in [-0.05, 0) is 49.2 Å². The van der Waals surface area contributed by atoms with E-state index in [4.69, 9.17) is 9.84 Å². The zero-order chi connectivity index (χ0) is 16.6. The summed E-state index contributed by atoms with van der Waals surface area (Å²) in [6.45, 7) is 3.97. The molecule has 0 fully saturated rings. The molecule has 0 spiro atoms. The van der Waals surface area contributed by atoms with Crippen LogP contribution >= 0.6 is 0 Å². The number of hydrogen-bond acceptors (Lipinski definition) is 3. The largest absolute Gasteiger partial charge is 0.479 e. The van der Waals surface area contributed by atoms with E-state index in [9.17, 15) is 9.59 Å². The number of carboxylic acid groups (broad SMARTS) is 1. The highest BCUT2D eigenvalue weighted by atomic mass is 16.5. The van der Waals surface area contributed by atoms with Gasteiger partial charge in [0, 0.05) is 0 Å². The summed E-state index contributed by atoms with van der Waals surface area (Å²) in [6, 6.07) is 12.3. The number of aryl methyl sites for hydroxylation is 1. The third kappa shape index (κ3) is 2.90. The summed E-state index contributed by atoms with van der Waals surface area (Å²) in [5.74, 6) is -0.453. The van der Waals surface area contributed by atoms with Gasteiger partial charge >= 0.3 is 5.97 Å². The maximum atomic E-state index is 12.5. The number of anilines is 1. The zero-order valence-electron chi connectivity index (χ0n) is 12.9. The minimum Gasteiger partial charge on any atom is -0.479 e. The Labute approximate surface area is 134 Å². The van der Waals surface area contributed by atoms with Crippen molar-refractivity contribution in [3.63, 3.8) is 0 Å². The highest BCUT2D eigenvalue weighted by molar-refractivity contribution is 5.99. The number of ether oxygens (including phenoxy) is 1. The lowest BCUT2D eigenvalue weighted by Gasteiger charge is -2.33. The maximum absolute atomic E-state index is 12.5. The molecule has 1 N–H and O–H groups in total. The van der Waals surface area contributed by atoms with E-state index in [2.05, 4.69) is 0 Å². The van der Waals surface area contributed by atoms with Crippen molar-refractivity contribution in [3.05, 3.63) is 59.2 Å². The summed E-state index contributed by atoms with van der Waals surface area (Å²) in [5, 5.41) is 9.10. The molecule has 0 radical (unpaired) electrons. The molecular weight excluding hydrogens is 294 g/mol. The van der Waals surface area contributed by atoms with E-state index >= 15 is 0 Å². The lowest BCUT2D eigenvalue weighted by Crippen LogP contribution is -2.44. The number of carboxylic acids is 1. The van der Waals surface area contributed by atoms with Gasteiger partial charge in [0.05, 0.1) is 17.8 Å². The monoisotopic (exact) mass is 311 g/mol. The first kappa shape index (κ1) is 15.1. The molecular formula is C18H17NO4. The summed E-state index contributed by atoms with van der Waals surface area (Å²) in [5.41, 5.74) is 2.72. The predicted octanol–water partition coefficient (Wildman–Crippen LogP) is 3.01. The standard InChI is InChI=1S/C18H17NO4/c1-11-6-7-16-15(8-11)19(17(20)12(2)23-16)10-13-4-3-5-14(9-13)18(21)22/h3-9,12H,10H2,1-2H3,(H,21,22). The third-order valence-corrected chi connectivity index (χ3v) is 3.84. The van der Waals surface area contributed by atoms with Crippen molar-refractivity contribution in [2.24, 2.45) is 0 Å². The first-order valence-corrected chi connectivity index (χ1v) is 7.36. The van der Waals surface area contributed by atoms with Crippen LogP contribution in [-0.2, 0) is 11.3 Å². The number of carbonyl (C=O) groups is 2. The van der Waals surface area contributed by atoms with E-state index in [0.29, 0.717) is 18.0 Å². The van der Waals surface area contributed by atoms with Gasteiger partial charge in [-0.2, -0.15) is 0 Å². The molecule has 118 valence electrons. The zero-order valence-corrected chi connectivity index (χ0v) is 12.9. The van der Waals surface area contributed by atoms with Gasteiger partial charge in [-0.1, -0.05) is 18.2 Å². The Balaban J connectivity index is 1.98. The van der Waals surface area contributed by atoms with E-state index in [-0.39, 0.29) is 11.5 Å². The summed E-state index contributed by atoms with van der Waals surface area (Å²) in [7, 11) is 0. The molecule has 1 aliphatic rings. The van der Waals surface area contributed by atoms with E-state index in [1.165, 1.54) is 6.07 Å². The van der Waals surface area contributed by atoms with Crippen LogP contribution in [0.15, 0.2) is 42.5 Å². The topological polar surface area (TPSA) is 66.8 Å². The first-order chi connectivity index (χ1) is 11.0. The number of carbonyl (C=O) groups excluding carboxylic acids is 1. The second-order valence-corrected chi connectivity index (χ2v) is 5.66. The van der Waals surface area contributed by atoms with Gasteiger partial charge < -0.3 is 14.7 Å². The molecule has 0 saturated carbocycles. The lowest BCUT2D eigenvalue weighted by molar-refractivity contribution is -0.125. The molecule has 3 rings (SSSR count). The predicted molar refractivity (Wildman–Crippen MR) is 85.9 cm³/mol. The number of hydrogen-bond donors (Lipinski definition) is 1. The van der Waals surface area contributed by atoms with Crippen molar-refractivity contribution in [2.45, 2.75) is 26.5 Å². The Hall–Kier alpha value is -2.82. The van der Waals surface area contributed by atoms with Crippen LogP contribution in [0.3, 0.4) is 0 Å². The van der Waals surface area contributed by atoms with Crippen LogP contribution in [0.2, 0.25) is 0 Å². The van der Waals surface area contributed by atoms with Crippen molar-refractivity contribution < 1.29 is 19.4 Å². The number of amides is 1. The van der Waals surface area contributed by atoms with Gasteiger partial charge in [0.15, 0.2) is 6.10 Å². The van der Waals surface area contributed by atoms with Crippen LogP contribution in [0.5, 0.6) is 5.75 Å². The Morgan fingerprint density at radius 1 is 1.26 bits per heavy atom. The van der Waals surface area contributed by atoms with Crippen LogP contribution in [0.25, 0.3) is 0 Å². The van der Waals surface area contributed by atoms with Gasteiger partial charge in [0.1, 0.15) is 5.75 Å². The quantitative estimate of drug-likeness (QED) is 0.946. The van der Waals surface area contributed by atoms with Crippen LogP contribution in [0, 0.1) is 6.92 Å². The second-order valence-electron chi connectivity index (χ2n) is 5.66. The fourth-order valence-corrected chi connectivity index (χ4v) is 2.67. The van der Waals surface area contributed by atoms with Gasteiger partial charge in [-0.25, -0.2) is 4.79 Å². The third-order valence-electron chi connectivity index (χ3n) is 3.84. The van der Waals surface area contributed by atoms with Gasteiger partial charge in [-0.3, -0.25) is 4.79 Å². The highest BCUT2D eigenvalue weighted by Gasteiger charge is 2.31. The molecule has 1 aliphatic heterocycles. The number of fused-ring (bicyclic) bond motifs is 1. The average molecular weight is 311 g/mol. The molecule has 1 amide bonds. The van der Waals surface area contributed by atoms with Crippen LogP contribution in [-0.4, -0.2) is 23.1 Å². The molecule has 1 heterocycles. The van der Waals surface area contributed by atoms with Gasteiger partial charge in [0.25, 0.3) is 5.91 Å². The maximum Gasteiger partial charge on any atom is 0.335 e. The Morgan fingerprint density at radius 2 is 2.04 bits per heavy atom. The molecule has 0 bridgehead atoms. The summed E-state index contributed by atoms with van der Waals surface area (Å²) in [4.78, 5) is 25.3. The molecule has 0 saturated heterocycles. The Kier molecular flexibility index (Phi) is 3.78. The number of nitrogens with zero attached hydrogens (tertiary/aromatic N) is 1. The van der Waals surface area contributed by atoms with Gasteiger partial charge in [0.2, 0.25) is 0 Å². The van der Waals surface area contributed by atoms with Crippen LogP contribution in [0.1, 0.15) is 28.4 Å². The molecule has 5 heteroatoms. The molecule has 0 aromatic heterocycles. The van der Waals surface area contributed by atoms with E-state index in [1.54, 1.807) is 24.0 Å². The summed E-state index contributed by atoms with van der Waals surface area (Å²) < 4.78 is 5.64. The number of rotatable bonds is 3. The van der Waals surface area contributed by atoms with E-state index in [1.807, 2.05) is 31.2 Å². The summed E-state index contributed by atoms with van der Waals surface area (Å²) >= 11 is 0. The molecule has 0 aliphatic carbocycles. The minimum atomic E-state index is -0.982. The molecule has 2 aromatic rings. The molecule has 5 nitrogen and oxygen atoms in total. The molecule has 1 unspecified atom stereocenters. The fourth-order valence-electron chi connectivity index (χ4n) is 2.67. The van der Waals surface area contributed by atoms with E-state index in [0.717, 1.165) is 11.1 Å². The SMILES string of the molecule is Cc1ccc2c(c1)N(Cc1cccc(C(=O)O)c1)C(=O)C(C)O2. The number of benzene rings is 2. The Morgan fingerprint density at radius 3 is 2.78 bits per heavy atom. The van der Waals surface area contributed by atoms with Crippen molar-refractivity contribution in [2.75, 3.05) is 4.90 Å². The molecule has 23 heavy (non-hydrogen) atoms. The van der Waals surface area contributed by atoms with Gasteiger partial charge in [-0.15, -0.1) is 0 Å². The minimum absolute atomic E-state index is 0.135. The van der Waals surface area contributed by atoms with Crippen LogP contribution < -0.4 is 9.64 Å². The van der Waals surface area contributed by atoms with E-state index < -0.39 is 12.1 Å². The summed E-state index contributed by atoms with van der Waals surface area (Å²) in [6.07, 6.45) is -0.562. The normalized spacial score (nSPS) is 16.7. The molecule has 2 aromatic carbocycles.